The number of hydrogen-bond donors (Lipinski definition) is 1. The largest absolute Gasteiger partial charge is 0.354 e. The van der Waals surface area contributed by atoms with E-state index in [4.69, 9.17) is 0 Å². The van der Waals surface area contributed by atoms with Crippen molar-refractivity contribution < 1.29 is 14.4 Å². The number of amides is 3. The van der Waals surface area contributed by atoms with Crippen molar-refractivity contribution in [1.29, 1.82) is 0 Å². The molecule has 0 bridgehead atoms. The Hall–Kier alpha value is -3.67. The van der Waals surface area contributed by atoms with Crippen molar-refractivity contribution in [3.05, 3.63) is 77.4 Å². The lowest BCUT2D eigenvalue weighted by Crippen LogP contribution is -2.52. The van der Waals surface area contributed by atoms with Gasteiger partial charge in [-0.3, -0.25) is 19.3 Å². The summed E-state index contributed by atoms with van der Waals surface area (Å²) in [5.41, 5.74) is 3.39. The third-order valence-electron chi connectivity index (χ3n) is 6.31. The van der Waals surface area contributed by atoms with E-state index in [-0.39, 0.29) is 24.3 Å². The molecule has 3 aromatic carbocycles. The van der Waals surface area contributed by atoms with E-state index < -0.39 is 6.04 Å². The second-order valence-corrected chi connectivity index (χ2v) is 8.80. The number of hydrogen-bond acceptors (Lipinski definition) is 3. The molecule has 3 amide bonds. The summed E-state index contributed by atoms with van der Waals surface area (Å²) in [7, 11) is 0. The number of nitrogens with zero attached hydrogens (tertiary/aromatic N) is 2. The quantitative estimate of drug-likeness (QED) is 0.516. The van der Waals surface area contributed by atoms with E-state index in [1.54, 1.807) is 15.9 Å². The third kappa shape index (κ3) is 4.53. The molecule has 0 fully saturated rings. The van der Waals surface area contributed by atoms with Crippen molar-refractivity contribution in [1.82, 2.24) is 10.2 Å². The van der Waals surface area contributed by atoms with Crippen LogP contribution in [-0.2, 0) is 16.1 Å². The van der Waals surface area contributed by atoms with Crippen molar-refractivity contribution in [2.75, 3.05) is 18.0 Å². The summed E-state index contributed by atoms with van der Waals surface area (Å²) < 4.78 is 0. The molecular formula is C28H31N3O3. The topological polar surface area (TPSA) is 69.7 Å². The van der Waals surface area contributed by atoms with Gasteiger partial charge in [0, 0.05) is 24.0 Å². The maximum absolute atomic E-state index is 13.7. The van der Waals surface area contributed by atoms with Gasteiger partial charge in [-0.15, -0.1) is 0 Å². The lowest BCUT2D eigenvalue weighted by Gasteiger charge is -2.32. The summed E-state index contributed by atoms with van der Waals surface area (Å²) in [6, 6.07) is 18.7. The minimum Gasteiger partial charge on any atom is -0.354 e. The molecule has 1 N–H and O–H groups in total. The van der Waals surface area contributed by atoms with Crippen molar-refractivity contribution >= 4 is 34.2 Å². The molecule has 0 spiro atoms. The highest BCUT2D eigenvalue weighted by Crippen LogP contribution is 2.37. The first kappa shape index (κ1) is 23.5. The highest BCUT2D eigenvalue weighted by molar-refractivity contribution is 6.26. The fourth-order valence-electron chi connectivity index (χ4n) is 4.65. The van der Waals surface area contributed by atoms with Crippen LogP contribution in [0.15, 0.2) is 60.7 Å². The fourth-order valence-corrected chi connectivity index (χ4v) is 4.65. The average molecular weight is 458 g/mol. The Morgan fingerprint density at radius 2 is 1.76 bits per heavy atom. The van der Waals surface area contributed by atoms with Gasteiger partial charge in [-0.05, 0) is 42.8 Å². The molecule has 3 aromatic rings. The van der Waals surface area contributed by atoms with E-state index in [0.717, 1.165) is 34.0 Å². The standard InChI is InChI=1S/C28H31N3O3/c1-4-15-29-27(33)23(5-2)30(17-20-10-6-9-19(3)16-20)25(32)18-31-24-14-8-12-21-11-7-13-22(26(21)24)28(31)34/h6-14,16,23H,4-5,15,17-18H2,1-3H3,(H,29,33)/t23-/m0/s1. The van der Waals surface area contributed by atoms with Gasteiger partial charge in [0.2, 0.25) is 11.8 Å². The SMILES string of the molecule is CCCNC(=O)[C@H](CC)N(Cc1cccc(C)c1)C(=O)CN1C(=O)c2cccc3cccc1c23. The Balaban J connectivity index is 1.64. The molecule has 1 atom stereocenters. The fraction of sp³-hybridized carbons (Fsp3) is 0.321. The van der Waals surface area contributed by atoms with Gasteiger partial charge < -0.3 is 10.2 Å². The zero-order chi connectivity index (χ0) is 24.2. The molecule has 1 aliphatic heterocycles. The van der Waals surface area contributed by atoms with Crippen LogP contribution >= 0.6 is 0 Å². The molecule has 34 heavy (non-hydrogen) atoms. The molecule has 6 nitrogen and oxygen atoms in total. The number of anilines is 1. The number of carbonyl (C=O) groups excluding carboxylic acids is 3. The molecule has 0 saturated heterocycles. The molecular weight excluding hydrogens is 426 g/mol. The van der Waals surface area contributed by atoms with Gasteiger partial charge in [0.25, 0.3) is 5.91 Å². The van der Waals surface area contributed by atoms with Crippen LogP contribution < -0.4 is 10.2 Å². The molecule has 176 valence electrons. The number of aryl methyl sites for hydroxylation is 1. The van der Waals surface area contributed by atoms with Crippen LogP contribution in [0.3, 0.4) is 0 Å². The molecule has 0 saturated carbocycles. The minimum atomic E-state index is -0.615. The number of carbonyl (C=O) groups is 3. The highest BCUT2D eigenvalue weighted by atomic mass is 16.2. The second kappa shape index (κ2) is 10.1. The van der Waals surface area contributed by atoms with E-state index in [1.165, 1.54) is 0 Å². The third-order valence-corrected chi connectivity index (χ3v) is 6.31. The molecule has 0 aromatic heterocycles. The van der Waals surface area contributed by atoms with Crippen LogP contribution in [0.4, 0.5) is 5.69 Å². The van der Waals surface area contributed by atoms with E-state index in [9.17, 15) is 14.4 Å². The second-order valence-electron chi connectivity index (χ2n) is 8.80. The number of benzene rings is 3. The van der Waals surface area contributed by atoms with Crippen LogP contribution in [0.2, 0.25) is 0 Å². The number of rotatable bonds is 9. The average Bonchev–Trinajstić information content (AvgIpc) is 3.10. The van der Waals surface area contributed by atoms with Crippen molar-refractivity contribution in [3.63, 3.8) is 0 Å². The Morgan fingerprint density at radius 1 is 1.03 bits per heavy atom. The Labute approximate surface area is 200 Å². The molecule has 4 rings (SSSR count). The first-order valence-electron chi connectivity index (χ1n) is 11.9. The normalized spacial score (nSPS) is 13.3. The van der Waals surface area contributed by atoms with Gasteiger partial charge in [0.1, 0.15) is 12.6 Å². The molecule has 0 aliphatic carbocycles. The van der Waals surface area contributed by atoms with Gasteiger partial charge in [0.15, 0.2) is 0 Å². The summed E-state index contributed by atoms with van der Waals surface area (Å²) in [5, 5.41) is 4.78. The van der Waals surface area contributed by atoms with E-state index in [0.29, 0.717) is 25.1 Å². The molecule has 6 heteroatoms. The van der Waals surface area contributed by atoms with Crippen molar-refractivity contribution in [2.24, 2.45) is 0 Å². The lowest BCUT2D eigenvalue weighted by molar-refractivity contribution is -0.140. The maximum Gasteiger partial charge on any atom is 0.259 e. The van der Waals surface area contributed by atoms with Gasteiger partial charge in [0.05, 0.1) is 5.69 Å². The van der Waals surface area contributed by atoms with Crippen LogP contribution in [0.1, 0.15) is 48.2 Å². The van der Waals surface area contributed by atoms with Crippen LogP contribution in [-0.4, -0.2) is 41.8 Å². The lowest BCUT2D eigenvalue weighted by atomic mass is 10.1. The predicted molar refractivity (Wildman–Crippen MR) is 135 cm³/mol. The van der Waals surface area contributed by atoms with Crippen LogP contribution in [0.25, 0.3) is 10.8 Å². The van der Waals surface area contributed by atoms with E-state index in [1.807, 2.05) is 75.4 Å². The maximum atomic E-state index is 13.7. The summed E-state index contributed by atoms with van der Waals surface area (Å²) in [6.07, 6.45) is 1.30. The first-order chi connectivity index (χ1) is 16.4. The predicted octanol–water partition coefficient (Wildman–Crippen LogP) is 4.44. The summed E-state index contributed by atoms with van der Waals surface area (Å²) in [4.78, 5) is 43.1. The summed E-state index contributed by atoms with van der Waals surface area (Å²) in [5.74, 6) is -0.596. The molecule has 1 heterocycles. The molecule has 0 unspecified atom stereocenters. The number of nitrogens with one attached hydrogen (secondary N) is 1. The smallest absolute Gasteiger partial charge is 0.259 e. The van der Waals surface area contributed by atoms with E-state index in [2.05, 4.69) is 5.32 Å². The van der Waals surface area contributed by atoms with Crippen molar-refractivity contribution in [3.8, 4) is 0 Å². The van der Waals surface area contributed by atoms with Crippen LogP contribution in [0, 0.1) is 6.92 Å². The molecule has 0 radical (unpaired) electrons. The van der Waals surface area contributed by atoms with Gasteiger partial charge in [-0.2, -0.15) is 0 Å². The zero-order valence-corrected chi connectivity index (χ0v) is 20.0. The Morgan fingerprint density at radius 3 is 2.47 bits per heavy atom. The zero-order valence-electron chi connectivity index (χ0n) is 20.0. The van der Waals surface area contributed by atoms with E-state index >= 15 is 0 Å². The Bertz CT molecular complexity index is 1230. The highest BCUT2D eigenvalue weighted by Gasteiger charge is 2.35. The van der Waals surface area contributed by atoms with Gasteiger partial charge in [-0.1, -0.05) is 67.9 Å². The summed E-state index contributed by atoms with van der Waals surface area (Å²) >= 11 is 0. The van der Waals surface area contributed by atoms with Crippen LogP contribution in [0.5, 0.6) is 0 Å². The first-order valence-corrected chi connectivity index (χ1v) is 11.9. The monoisotopic (exact) mass is 457 g/mol. The summed E-state index contributed by atoms with van der Waals surface area (Å²) in [6.45, 7) is 6.65. The van der Waals surface area contributed by atoms with Gasteiger partial charge in [-0.25, -0.2) is 0 Å². The minimum absolute atomic E-state index is 0.115. The van der Waals surface area contributed by atoms with Crippen molar-refractivity contribution in [2.45, 2.75) is 46.2 Å². The molecule has 1 aliphatic rings. The Kier molecular flexibility index (Phi) is 6.96. The van der Waals surface area contributed by atoms with Gasteiger partial charge >= 0.3 is 0 Å².